The number of esters is 1. The Morgan fingerprint density at radius 2 is 1.81 bits per heavy atom. The van der Waals surface area contributed by atoms with Crippen molar-refractivity contribution in [1.82, 2.24) is 5.32 Å². The Labute approximate surface area is 223 Å². The van der Waals surface area contributed by atoms with E-state index in [4.69, 9.17) is 16.3 Å². The minimum absolute atomic E-state index is 0.0943. The van der Waals surface area contributed by atoms with Crippen LogP contribution in [0.25, 0.3) is 0 Å². The predicted molar refractivity (Wildman–Crippen MR) is 144 cm³/mol. The van der Waals surface area contributed by atoms with Gasteiger partial charge >= 0.3 is 12.0 Å². The maximum Gasteiger partial charge on any atom is 0.341 e. The lowest BCUT2D eigenvalue weighted by molar-refractivity contribution is -0.148. The van der Waals surface area contributed by atoms with Gasteiger partial charge in [0, 0.05) is 15.6 Å². The number of aliphatic imine (C=N–C) groups is 1. The van der Waals surface area contributed by atoms with Gasteiger partial charge in [0.25, 0.3) is 0 Å². The first-order valence-electron chi connectivity index (χ1n) is 11.9. The normalized spacial score (nSPS) is 18.8. The Kier molecular flexibility index (Phi) is 7.58. The molecule has 0 saturated heterocycles. The van der Waals surface area contributed by atoms with Crippen LogP contribution in [-0.4, -0.2) is 29.4 Å². The summed E-state index contributed by atoms with van der Waals surface area (Å²) in [7, 11) is 0. The molecule has 3 amide bonds. The molecule has 2 N–H and O–H groups in total. The van der Waals surface area contributed by atoms with E-state index in [-0.39, 0.29) is 12.5 Å². The molecule has 2 atom stereocenters. The molecule has 0 bridgehead atoms. The Hall–Kier alpha value is -3.62. The van der Waals surface area contributed by atoms with Crippen molar-refractivity contribution in [2.24, 2.45) is 10.9 Å². The summed E-state index contributed by atoms with van der Waals surface area (Å²) in [5.41, 5.74) is 3.53. The second-order valence-electron chi connectivity index (χ2n) is 8.79. The van der Waals surface area contributed by atoms with Crippen LogP contribution in [0.2, 0.25) is 5.02 Å². The highest BCUT2D eigenvalue weighted by atomic mass is 35.5. The molecule has 9 heteroatoms. The van der Waals surface area contributed by atoms with Crippen LogP contribution in [0.5, 0.6) is 0 Å². The maximum atomic E-state index is 13.5. The van der Waals surface area contributed by atoms with Gasteiger partial charge in [0.05, 0.1) is 17.5 Å². The van der Waals surface area contributed by atoms with Gasteiger partial charge in [-0.1, -0.05) is 66.2 Å². The van der Waals surface area contributed by atoms with Crippen LogP contribution in [0, 0.1) is 5.92 Å². The number of nitrogens with one attached hydrogen (secondary N) is 2. The van der Waals surface area contributed by atoms with Crippen LogP contribution in [-0.2, 0) is 27.4 Å². The summed E-state index contributed by atoms with van der Waals surface area (Å²) in [6, 6.07) is 21.2. The quantitative estimate of drug-likeness (QED) is 0.386. The molecular formula is C28H24ClN3O4S. The molecule has 3 aromatic carbocycles. The molecular weight excluding hydrogens is 510 g/mol. The van der Waals surface area contributed by atoms with Crippen molar-refractivity contribution in [2.45, 2.75) is 30.4 Å². The van der Waals surface area contributed by atoms with E-state index in [1.807, 2.05) is 60.7 Å². The number of thioether (sulfide) groups is 1. The van der Waals surface area contributed by atoms with Crippen LogP contribution >= 0.6 is 23.4 Å². The van der Waals surface area contributed by atoms with Gasteiger partial charge in [-0.3, -0.25) is 9.59 Å². The molecule has 0 saturated carbocycles. The van der Waals surface area contributed by atoms with E-state index in [0.717, 1.165) is 16.0 Å². The smallest absolute Gasteiger partial charge is 0.341 e. The summed E-state index contributed by atoms with van der Waals surface area (Å²) in [5, 5.41) is 6.34. The first-order valence-corrected chi connectivity index (χ1v) is 13.2. The summed E-state index contributed by atoms with van der Waals surface area (Å²) >= 11 is 7.79. The minimum Gasteiger partial charge on any atom is -0.460 e. The number of aryl methyl sites for hydroxylation is 1. The lowest BCUT2D eigenvalue weighted by Gasteiger charge is -2.32. The number of carbonyl (C=O) groups is 3. The van der Waals surface area contributed by atoms with Crippen LogP contribution < -0.4 is 10.6 Å². The third kappa shape index (κ3) is 5.87. The van der Waals surface area contributed by atoms with E-state index in [1.165, 1.54) is 11.8 Å². The SMILES string of the molecule is O=C1CSc2ccc(C3NC(=O)N=C(CCc4ccccc4Cl)C3C(=O)OCc3ccccc3)cc2N1. The Bertz CT molecular complexity index is 1380. The van der Waals surface area contributed by atoms with Crippen molar-refractivity contribution in [1.29, 1.82) is 0 Å². The fourth-order valence-corrected chi connectivity index (χ4v) is 5.50. The van der Waals surface area contributed by atoms with Gasteiger partial charge in [0.1, 0.15) is 12.5 Å². The number of hydrogen-bond donors (Lipinski definition) is 2. The molecule has 0 fully saturated rings. The summed E-state index contributed by atoms with van der Waals surface area (Å²) in [4.78, 5) is 43.3. The fraction of sp³-hybridized carbons (Fsp3) is 0.214. The fourth-order valence-electron chi connectivity index (χ4n) is 4.48. The molecule has 2 aliphatic heterocycles. The molecule has 5 rings (SSSR count). The monoisotopic (exact) mass is 533 g/mol. The molecule has 188 valence electrons. The third-order valence-electron chi connectivity index (χ3n) is 6.30. The lowest BCUT2D eigenvalue weighted by Crippen LogP contribution is -2.45. The molecule has 0 aliphatic carbocycles. The van der Waals surface area contributed by atoms with Crippen LogP contribution in [0.3, 0.4) is 0 Å². The van der Waals surface area contributed by atoms with Crippen molar-refractivity contribution in [3.05, 3.63) is 94.5 Å². The van der Waals surface area contributed by atoms with Crippen LogP contribution in [0.15, 0.2) is 82.7 Å². The number of ether oxygens (including phenoxy) is 1. The molecule has 0 spiro atoms. The second-order valence-corrected chi connectivity index (χ2v) is 10.2. The molecule has 0 aromatic heterocycles. The molecule has 37 heavy (non-hydrogen) atoms. The number of rotatable bonds is 7. The average molecular weight is 534 g/mol. The van der Waals surface area contributed by atoms with Gasteiger partial charge in [-0.15, -0.1) is 11.8 Å². The van der Waals surface area contributed by atoms with Gasteiger partial charge < -0.3 is 15.4 Å². The van der Waals surface area contributed by atoms with E-state index in [0.29, 0.717) is 40.6 Å². The topological polar surface area (TPSA) is 96.9 Å². The Morgan fingerprint density at radius 1 is 1.03 bits per heavy atom. The largest absolute Gasteiger partial charge is 0.460 e. The van der Waals surface area contributed by atoms with Crippen LogP contribution in [0.4, 0.5) is 10.5 Å². The van der Waals surface area contributed by atoms with Crippen molar-refractivity contribution < 1.29 is 19.1 Å². The Balaban J connectivity index is 1.45. The Morgan fingerprint density at radius 3 is 2.62 bits per heavy atom. The number of hydrogen-bond acceptors (Lipinski definition) is 5. The van der Waals surface area contributed by atoms with Gasteiger partial charge in [0.15, 0.2) is 0 Å². The highest BCUT2D eigenvalue weighted by Gasteiger charge is 2.40. The number of urea groups is 1. The molecule has 2 heterocycles. The second kappa shape index (κ2) is 11.2. The summed E-state index contributed by atoms with van der Waals surface area (Å²) in [5.74, 6) is -1.07. The van der Waals surface area contributed by atoms with Gasteiger partial charge in [-0.05, 0) is 47.7 Å². The van der Waals surface area contributed by atoms with E-state index >= 15 is 0 Å². The first-order chi connectivity index (χ1) is 18.0. The summed E-state index contributed by atoms with van der Waals surface area (Å²) in [6.45, 7) is 0.103. The van der Waals surface area contributed by atoms with E-state index in [2.05, 4.69) is 15.6 Å². The van der Waals surface area contributed by atoms with Crippen molar-refractivity contribution in [3.63, 3.8) is 0 Å². The van der Waals surface area contributed by atoms with Crippen LogP contribution in [0.1, 0.15) is 29.2 Å². The highest BCUT2D eigenvalue weighted by molar-refractivity contribution is 8.00. The number of anilines is 1. The zero-order valence-electron chi connectivity index (χ0n) is 19.8. The van der Waals surface area contributed by atoms with Gasteiger partial charge in [-0.25, -0.2) is 9.79 Å². The number of benzene rings is 3. The molecule has 3 aromatic rings. The molecule has 7 nitrogen and oxygen atoms in total. The minimum atomic E-state index is -0.839. The van der Waals surface area contributed by atoms with Crippen molar-refractivity contribution in [2.75, 3.05) is 11.1 Å². The third-order valence-corrected chi connectivity index (χ3v) is 7.74. The zero-order chi connectivity index (χ0) is 25.8. The van der Waals surface area contributed by atoms with E-state index < -0.39 is 24.0 Å². The standard InChI is InChI=1S/C28H24ClN3O4S/c29-20-9-5-4-8-18(20)10-12-21-25(27(34)36-15-17-6-2-1-3-7-17)26(32-28(35)31-21)19-11-13-23-22(14-19)30-24(33)16-37-23/h1-9,11,13-14,25-26H,10,12,15-16H2,(H,30,33)(H,32,35). The number of fused-ring (bicyclic) bond motifs is 1. The number of amides is 3. The van der Waals surface area contributed by atoms with Gasteiger partial charge in [0.2, 0.25) is 5.91 Å². The van der Waals surface area contributed by atoms with Crippen molar-refractivity contribution in [3.8, 4) is 0 Å². The average Bonchev–Trinajstić information content (AvgIpc) is 2.91. The highest BCUT2D eigenvalue weighted by Crippen LogP contribution is 2.37. The van der Waals surface area contributed by atoms with Crippen molar-refractivity contribution >= 4 is 52.7 Å². The number of carbonyl (C=O) groups excluding carboxylic acids is 3. The lowest BCUT2D eigenvalue weighted by atomic mass is 9.85. The van der Waals surface area contributed by atoms with E-state index in [1.54, 1.807) is 12.1 Å². The zero-order valence-corrected chi connectivity index (χ0v) is 21.4. The van der Waals surface area contributed by atoms with E-state index in [9.17, 15) is 14.4 Å². The molecule has 2 unspecified atom stereocenters. The summed E-state index contributed by atoms with van der Waals surface area (Å²) in [6.07, 6.45) is 0.869. The summed E-state index contributed by atoms with van der Waals surface area (Å²) < 4.78 is 5.72. The number of halogens is 1. The van der Waals surface area contributed by atoms with Gasteiger partial charge in [-0.2, -0.15) is 0 Å². The first kappa shape index (κ1) is 25.0. The maximum absolute atomic E-state index is 13.5. The predicted octanol–water partition coefficient (Wildman–Crippen LogP) is 5.58. The number of nitrogens with zero attached hydrogens (tertiary/aromatic N) is 1. The molecule has 0 radical (unpaired) electrons. The molecule has 2 aliphatic rings.